The number of alkyl halides is 3. The predicted octanol–water partition coefficient (Wildman–Crippen LogP) is 4.25. The van der Waals surface area contributed by atoms with Crippen molar-refractivity contribution in [1.29, 1.82) is 0 Å². The van der Waals surface area contributed by atoms with Gasteiger partial charge in [0.1, 0.15) is 0 Å². The third-order valence-corrected chi connectivity index (χ3v) is 3.38. The molecule has 1 atom stereocenters. The van der Waals surface area contributed by atoms with Gasteiger partial charge in [0.2, 0.25) is 0 Å². The van der Waals surface area contributed by atoms with Crippen LogP contribution in [0.4, 0.5) is 13.2 Å². The molecule has 1 saturated carbocycles. The van der Waals surface area contributed by atoms with Gasteiger partial charge in [0.15, 0.2) is 0 Å². The van der Waals surface area contributed by atoms with Crippen molar-refractivity contribution in [2.24, 2.45) is 11.8 Å². The zero-order valence-electron chi connectivity index (χ0n) is 11.2. The highest BCUT2D eigenvalue weighted by Crippen LogP contribution is 2.32. The molecule has 0 N–H and O–H groups in total. The second-order valence-corrected chi connectivity index (χ2v) is 4.94. The Labute approximate surface area is 112 Å². The normalized spacial score (nSPS) is 19.6. The molecule has 0 bridgehead atoms. The number of hydrogen-bond donors (Lipinski definition) is 0. The van der Waals surface area contributed by atoms with Crippen LogP contribution in [0.15, 0.2) is 12.2 Å². The highest BCUT2D eigenvalue weighted by atomic mass is 19.4. The van der Waals surface area contributed by atoms with Crippen molar-refractivity contribution >= 4 is 5.97 Å². The summed E-state index contributed by atoms with van der Waals surface area (Å²) < 4.78 is 43.0. The highest BCUT2D eigenvalue weighted by Gasteiger charge is 2.39. The summed E-state index contributed by atoms with van der Waals surface area (Å²) in [6, 6.07) is 0. The predicted molar refractivity (Wildman–Crippen MR) is 66.5 cm³/mol. The number of carbonyl (C=O) groups excluding carboxylic acids is 1. The van der Waals surface area contributed by atoms with Gasteiger partial charge in [-0.05, 0) is 25.7 Å². The van der Waals surface area contributed by atoms with E-state index in [1.165, 1.54) is 0 Å². The van der Waals surface area contributed by atoms with Crippen molar-refractivity contribution in [1.82, 2.24) is 0 Å². The van der Waals surface area contributed by atoms with Crippen LogP contribution < -0.4 is 0 Å². The largest absolute Gasteiger partial charge is 0.466 e. The van der Waals surface area contributed by atoms with E-state index in [0.29, 0.717) is 0 Å². The molecule has 0 aliphatic heterocycles. The zero-order valence-corrected chi connectivity index (χ0v) is 11.2. The van der Waals surface area contributed by atoms with Crippen molar-refractivity contribution in [2.45, 2.75) is 51.6 Å². The second-order valence-electron chi connectivity index (χ2n) is 4.94. The number of halogens is 3. The first-order valence-corrected chi connectivity index (χ1v) is 6.84. The van der Waals surface area contributed by atoms with E-state index in [9.17, 15) is 18.0 Å². The van der Waals surface area contributed by atoms with Crippen LogP contribution in [-0.4, -0.2) is 18.8 Å². The summed E-state index contributed by atoms with van der Waals surface area (Å²) in [5.74, 6) is -2.30. The van der Waals surface area contributed by atoms with E-state index < -0.39 is 24.5 Å². The first-order valence-electron chi connectivity index (χ1n) is 6.84. The number of esters is 1. The van der Waals surface area contributed by atoms with Gasteiger partial charge in [-0.3, -0.25) is 4.79 Å². The number of hydrogen-bond acceptors (Lipinski definition) is 2. The molecule has 0 heterocycles. The van der Waals surface area contributed by atoms with E-state index in [1.807, 2.05) is 0 Å². The van der Waals surface area contributed by atoms with Gasteiger partial charge in [0, 0.05) is 0 Å². The molecule has 0 unspecified atom stereocenters. The molecule has 2 nitrogen and oxygen atoms in total. The summed E-state index contributed by atoms with van der Waals surface area (Å²) in [5.41, 5.74) is 0. The standard InChI is InChI=1S/C14H21F3O2/c1-2-19-13(18)10-12(14(15,16)17)9-8-11-6-4-3-5-7-11/h8-9,11-12H,2-7,10H2,1H3/b9-8+/t12-/m0/s1. The van der Waals surface area contributed by atoms with Crippen molar-refractivity contribution < 1.29 is 22.7 Å². The molecule has 0 spiro atoms. The molecule has 19 heavy (non-hydrogen) atoms. The molecule has 1 fully saturated rings. The molecule has 0 aromatic carbocycles. The monoisotopic (exact) mass is 278 g/mol. The van der Waals surface area contributed by atoms with E-state index >= 15 is 0 Å². The number of carbonyl (C=O) groups is 1. The highest BCUT2D eigenvalue weighted by molar-refractivity contribution is 5.70. The molecule has 0 aromatic rings. The summed E-state index contributed by atoms with van der Waals surface area (Å²) in [4.78, 5) is 11.2. The zero-order chi connectivity index (χ0) is 14.3. The Bertz CT molecular complexity index is 304. The summed E-state index contributed by atoms with van der Waals surface area (Å²) in [7, 11) is 0. The fourth-order valence-corrected chi connectivity index (χ4v) is 2.31. The van der Waals surface area contributed by atoms with Crippen molar-refractivity contribution in [3.8, 4) is 0 Å². The summed E-state index contributed by atoms with van der Waals surface area (Å²) in [6.45, 7) is 1.69. The minimum atomic E-state index is -4.39. The first kappa shape index (κ1) is 16.1. The van der Waals surface area contributed by atoms with Gasteiger partial charge in [0.05, 0.1) is 18.9 Å². The topological polar surface area (TPSA) is 26.3 Å². The third kappa shape index (κ3) is 6.12. The Balaban J connectivity index is 2.58. The van der Waals surface area contributed by atoms with Crippen LogP contribution in [0.3, 0.4) is 0 Å². The summed E-state index contributed by atoms with van der Waals surface area (Å²) >= 11 is 0. The van der Waals surface area contributed by atoms with Crippen LogP contribution in [0, 0.1) is 11.8 Å². The van der Waals surface area contributed by atoms with Gasteiger partial charge in [-0.15, -0.1) is 0 Å². The Morgan fingerprint density at radius 2 is 1.95 bits per heavy atom. The van der Waals surface area contributed by atoms with Gasteiger partial charge in [-0.25, -0.2) is 0 Å². The lowest BCUT2D eigenvalue weighted by Crippen LogP contribution is -2.25. The minimum absolute atomic E-state index is 0.107. The lowest BCUT2D eigenvalue weighted by atomic mass is 9.88. The molecule has 0 saturated heterocycles. The quantitative estimate of drug-likeness (QED) is 0.555. The van der Waals surface area contributed by atoms with Gasteiger partial charge in [-0.2, -0.15) is 13.2 Å². The van der Waals surface area contributed by atoms with E-state index in [2.05, 4.69) is 4.74 Å². The maximum atomic E-state index is 12.8. The van der Waals surface area contributed by atoms with Crippen LogP contribution >= 0.6 is 0 Å². The fourth-order valence-electron chi connectivity index (χ4n) is 2.31. The van der Waals surface area contributed by atoms with Crippen LogP contribution in [-0.2, 0) is 9.53 Å². The summed E-state index contributed by atoms with van der Waals surface area (Å²) in [5, 5.41) is 0. The van der Waals surface area contributed by atoms with Crippen LogP contribution in [0.1, 0.15) is 45.4 Å². The average molecular weight is 278 g/mol. The Morgan fingerprint density at radius 1 is 1.32 bits per heavy atom. The number of ether oxygens (including phenoxy) is 1. The maximum Gasteiger partial charge on any atom is 0.395 e. The first-order chi connectivity index (χ1) is 8.93. The van der Waals surface area contributed by atoms with Crippen molar-refractivity contribution in [3.05, 3.63) is 12.2 Å². The Hall–Kier alpha value is -1.00. The number of allylic oxidation sites excluding steroid dienone is 2. The molecular weight excluding hydrogens is 257 g/mol. The van der Waals surface area contributed by atoms with Crippen LogP contribution in [0.5, 0.6) is 0 Å². The second kappa shape index (κ2) is 7.56. The lowest BCUT2D eigenvalue weighted by molar-refractivity contribution is -0.173. The van der Waals surface area contributed by atoms with E-state index in [0.717, 1.165) is 38.2 Å². The molecule has 110 valence electrons. The molecule has 1 aliphatic rings. The van der Waals surface area contributed by atoms with Crippen LogP contribution in [0.2, 0.25) is 0 Å². The Morgan fingerprint density at radius 3 is 2.47 bits per heavy atom. The minimum Gasteiger partial charge on any atom is -0.466 e. The molecule has 0 radical (unpaired) electrons. The van der Waals surface area contributed by atoms with Gasteiger partial charge >= 0.3 is 12.1 Å². The van der Waals surface area contributed by atoms with E-state index in [4.69, 9.17) is 0 Å². The summed E-state index contributed by atoms with van der Waals surface area (Å²) in [6.07, 6.45) is 2.96. The van der Waals surface area contributed by atoms with Gasteiger partial charge < -0.3 is 4.74 Å². The lowest BCUT2D eigenvalue weighted by Gasteiger charge is -2.20. The molecule has 1 rings (SSSR count). The maximum absolute atomic E-state index is 12.8. The fraction of sp³-hybridized carbons (Fsp3) is 0.786. The molecule has 0 amide bonds. The van der Waals surface area contributed by atoms with E-state index in [1.54, 1.807) is 13.0 Å². The van der Waals surface area contributed by atoms with Crippen molar-refractivity contribution in [2.75, 3.05) is 6.61 Å². The van der Waals surface area contributed by atoms with Crippen LogP contribution in [0.25, 0.3) is 0 Å². The van der Waals surface area contributed by atoms with Gasteiger partial charge in [0.25, 0.3) is 0 Å². The third-order valence-electron chi connectivity index (χ3n) is 3.38. The Kier molecular flexibility index (Phi) is 6.38. The van der Waals surface area contributed by atoms with E-state index in [-0.39, 0.29) is 12.5 Å². The molecule has 1 aliphatic carbocycles. The molecule has 0 aromatic heterocycles. The smallest absolute Gasteiger partial charge is 0.395 e. The SMILES string of the molecule is CCOC(=O)C[C@H](/C=C/C1CCCCC1)C(F)(F)F. The van der Waals surface area contributed by atoms with Crippen molar-refractivity contribution in [3.63, 3.8) is 0 Å². The average Bonchev–Trinajstić information content (AvgIpc) is 2.34. The van der Waals surface area contributed by atoms with Gasteiger partial charge in [-0.1, -0.05) is 31.4 Å². The molecule has 5 heteroatoms. The molecular formula is C14H21F3O2. The number of rotatable bonds is 5.